The molecule has 0 aliphatic carbocycles. The van der Waals surface area contributed by atoms with E-state index in [1.807, 2.05) is 0 Å². The number of aromatic amines is 1. The van der Waals surface area contributed by atoms with Gasteiger partial charge in [0, 0.05) is 21.8 Å². The van der Waals surface area contributed by atoms with Gasteiger partial charge in [-0.05, 0) is 15.9 Å². The highest BCUT2D eigenvalue weighted by molar-refractivity contribution is 9.10. The maximum absolute atomic E-state index is 12.4. The molecule has 0 saturated heterocycles. The van der Waals surface area contributed by atoms with E-state index >= 15 is 0 Å². The first-order valence-corrected chi connectivity index (χ1v) is 4.62. The Morgan fingerprint density at radius 3 is 2.67 bits per heavy atom. The van der Waals surface area contributed by atoms with E-state index in [1.165, 1.54) is 0 Å². The molecule has 15 heavy (non-hydrogen) atoms. The van der Waals surface area contributed by atoms with Gasteiger partial charge in [0.25, 0.3) is 6.43 Å². The van der Waals surface area contributed by atoms with Gasteiger partial charge in [0.1, 0.15) is 0 Å². The predicted molar refractivity (Wildman–Crippen MR) is 51.1 cm³/mol. The Bertz CT molecular complexity index is 444. The lowest BCUT2D eigenvalue weighted by molar-refractivity contribution is -0.136. The van der Waals surface area contributed by atoms with Crippen molar-refractivity contribution in [1.29, 1.82) is 0 Å². The maximum atomic E-state index is 12.4. The molecule has 4 nitrogen and oxygen atoms in total. The van der Waals surface area contributed by atoms with Crippen molar-refractivity contribution in [3.63, 3.8) is 0 Å². The van der Waals surface area contributed by atoms with E-state index in [9.17, 15) is 18.4 Å². The molecule has 0 aromatic carbocycles. The van der Waals surface area contributed by atoms with Crippen molar-refractivity contribution in [2.24, 2.45) is 0 Å². The monoisotopic (exact) mass is 281 g/mol. The van der Waals surface area contributed by atoms with Crippen LogP contribution in [-0.2, 0) is 11.2 Å². The van der Waals surface area contributed by atoms with Gasteiger partial charge in [0.05, 0.1) is 6.42 Å². The summed E-state index contributed by atoms with van der Waals surface area (Å²) in [6, 6.07) is 0.736. The van der Waals surface area contributed by atoms with E-state index in [0.29, 0.717) is 0 Å². The summed E-state index contributed by atoms with van der Waals surface area (Å²) in [6.45, 7) is 0. The summed E-state index contributed by atoms with van der Waals surface area (Å²) in [5.74, 6) is -1.21. The SMILES string of the molecule is O=C(O)Cc1[nH]c(=O)cc(C(F)F)c1Br. The van der Waals surface area contributed by atoms with E-state index in [2.05, 4.69) is 20.9 Å². The van der Waals surface area contributed by atoms with Crippen LogP contribution in [-0.4, -0.2) is 16.1 Å². The van der Waals surface area contributed by atoms with Gasteiger partial charge in [-0.25, -0.2) is 8.78 Å². The fourth-order valence-electron chi connectivity index (χ4n) is 1.05. The van der Waals surface area contributed by atoms with Crippen LogP contribution in [0.15, 0.2) is 15.3 Å². The third-order valence-corrected chi connectivity index (χ3v) is 2.58. The summed E-state index contributed by atoms with van der Waals surface area (Å²) >= 11 is 2.83. The minimum atomic E-state index is -2.82. The molecule has 7 heteroatoms. The molecule has 0 aliphatic rings. The molecule has 0 bridgehead atoms. The molecule has 82 valence electrons. The topological polar surface area (TPSA) is 70.2 Å². The molecular weight excluding hydrogens is 276 g/mol. The largest absolute Gasteiger partial charge is 0.481 e. The van der Waals surface area contributed by atoms with E-state index in [4.69, 9.17) is 5.11 Å². The second kappa shape index (κ2) is 4.52. The molecule has 0 amide bonds. The highest BCUT2D eigenvalue weighted by atomic mass is 79.9. The lowest BCUT2D eigenvalue weighted by atomic mass is 10.2. The summed E-state index contributed by atoms with van der Waals surface area (Å²) in [5.41, 5.74) is -1.31. The van der Waals surface area contributed by atoms with E-state index in [-0.39, 0.29) is 10.2 Å². The van der Waals surface area contributed by atoms with Gasteiger partial charge in [-0.2, -0.15) is 0 Å². The third kappa shape index (κ3) is 2.85. The number of carboxylic acid groups (broad SMARTS) is 1. The van der Waals surface area contributed by atoms with Gasteiger partial charge in [-0.3, -0.25) is 9.59 Å². The van der Waals surface area contributed by atoms with Gasteiger partial charge >= 0.3 is 5.97 Å². The number of carbonyl (C=O) groups is 1. The van der Waals surface area contributed by atoms with Crippen LogP contribution in [0.5, 0.6) is 0 Å². The number of hydrogen-bond donors (Lipinski definition) is 2. The molecule has 0 unspecified atom stereocenters. The molecule has 0 fully saturated rings. The van der Waals surface area contributed by atoms with Gasteiger partial charge in [0.15, 0.2) is 0 Å². The first-order valence-electron chi connectivity index (χ1n) is 3.83. The molecule has 0 spiro atoms. The van der Waals surface area contributed by atoms with Crippen LogP contribution in [0.3, 0.4) is 0 Å². The molecule has 0 saturated carbocycles. The summed E-state index contributed by atoms with van der Waals surface area (Å²) < 4.78 is 24.7. The first-order chi connectivity index (χ1) is 6.91. The normalized spacial score (nSPS) is 10.7. The molecule has 0 aliphatic heterocycles. The highest BCUT2D eigenvalue weighted by Crippen LogP contribution is 2.27. The van der Waals surface area contributed by atoms with Gasteiger partial charge < -0.3 is 10.1 Å². The van der Waals surface area contributed by atoms with E-state index in [1.54, 1.807) is 0 Å². The molecule has 1 heterocycles. The maximum Gasteiger partial charge on any atom is 0.309 e. The second-order valence-electron chi connectivity index (χ2n) is 2.75. The number of H-pyrrole nitrogens is 1. The Kier molecular flexibility index (Phi) is 3.57. The van der Waals surface area contributed by atoms with Crippen LogP contribution in [0, 0.1) is 0 Å². The fourth-order valence-corrected chi connectivity index (χ4v) is 1.58. The van der Waals surface area contributed by atoms with Crippen molar-refractivity contribution < 1.29 is 18.7 Å². The van der Waals surface area contributed by atoms with Crippen LogP contribution >= 0.6 is 15.9 Å². The van der Waals surface area contributed by atoms with Crippen LogP contribution in [0.2, 0.25) is 0 Å². The number of carboxylic acids is 1. The molecule has 1 aromatic rings. The number of halogens is 3. The Morgan fingerprint density at radius 2 is 2.20 bits per heavy atom. The molecule has 0 radical (unpaired) electrons. The Hall–Kier alpha value is -1.24. The second-order valence-corrected chi connectivity index (χ2v) is 3.55. The number of alkyl halides is 2. The average molecular weight is 282 g/mol. The predicted octanol–water partition coefficient (Wildman–Crippen LogP) is 1.70. The van der Waals surface area contributed by atoms with Crippen LogP contribution in [0.1, 0.15) is 17.7 Å². The van der Waals surface area contributed by atoms with E-state index < -0.39 is 29.9 Å². The molecule has 0 atom stereocenters. The molecule has 1 rings (SSSR count). The van der Waals surface area contributed by atoms with Crippen molar-refractivity contribution in [3.8, 4) is 0 Å². The van der Waals surface area contributed by atoms with Crippen molar-refractivity contribution in [1.82, 2.24) is 4.98 Å². The standard InChI is InChI=1S/C8H6BrF2NO3/c9-7-3(8(10)11)1-5(13)12-4(7)2-6(14)15/h1,8H,2H2,(H,12,13)(H,14,15). The third-order valence-electron chi connectivity index (χ3n) is 1.64. The zero-order valence-electron chi connectivity index (χ0n) is 7.26. The lowest BCUT2D eigenvalue weighted by Crippen LogP contribution is -2.14. The zero-order chi connectivity index (χ0) is 11.6. The van der Waals surface area contributed by atoms with Crippen molar-refractivity contribution in [3.05, 3.63) is 32.2 Å². The smallest absolute Gasteiger partial charge is 0.309 e. The Balaban J connectivity index is 3.28. The van der Waals surface area contributed by atoms with Crippen LogP contribution < -0.4 is 5.56 Å². The lowest BCUT2D eigenvalue weighted by Gasteiger charge is -2.06. The number of rotatable bonds is 3. The van der Waals surface area contributed by atoms with Crippen LogP contribution in [0.25, 0.3) is 0 Å². The number of hydrogen-bond acceptors (Lipinski definition) is 2. The molecule has 2 N–H and O–H groups in total. The van der Waals surface area contributed by atoms with Crippen molar-refractivity contribution in [2.45, 2.75) is 12.8 Å². The highest BCUT2D eigenvalue weighted by Gasteiger charge is 2.17. The first kappa shape index (κ1) is 11.8. The molecule has 1 aromatic heterocycles. The fraction of sp³-hybridized carbons (Fsp3) is 0.250. The molecular formula is C8H6BrF2NO3. The quantitative estimate of drug-likeness (QED) is 0.886. The summed E-state index contributed by atoms with van der Waals surface area (Å²) in [7, 11) is 0. The van der Waals surface area contributed by atoms with Gasteiger partial charge in [-0.15, -0.1) is 0 Å². The van der Waals surface area contributed by atoms with Gasteiger partial charge in [0.2, 0.25) is 5.56 Å². The number of nitrogens with one attached hydrogen (secondary N) is 1. The van der Waals surface area contributed by atoms with Crippen molar-refractivity contribution >= 4 is 21.9 Å². The van der Waals surface area contributed by atoms with Crippen LogP contribution in [0.4, 0.5) is 8.78 Å². The Morgan fingerprint density at radius 1 is 1.60 bits per heavy atom. The number of aromatic nitrogens is 1. The number of pyridine rings is 1. The van der Waals surface area contributed by atoms with Crippen molar-refractivity contribution in [2.75, 3.05) is 0 Å². The minimum absolute atomic E-state index is 0.0645. The van der Waals surface area contributed by atoms with Gasteiger partial charge in [-0.1, -0.05) is 0 Å². The number of aliphatic carboxylic acids is 1. The summed E-state index contributed by atoms with van der Waals surface area (Å²) in [4.78, 5) is 23.5. The van der Waals surface area contributed by atoms with E-state index in [0.717, 1.165) is 6.07 Å². The summed E-state index contributed by atoms with van der Waals surface area (Å²) in [6.07, 6.45) is -3.34. The Labute approximate surface area is 91.1 Å². The minimum Gasteiger partial charge on any atom is -0.481 e. The zero-order valence-corrected chi connectivity index (χ0v) is 8.85. The average Bonchev–Trinajstić information content (AvgIpc) is 2.09. The summed E-state index contributed by atoms with van der Waals surface area (Å²) in [5, 5.41) is 8.48.